The van der Waals surface area contributed by atoms with Crippen LogP contribution in [0.15, 0.2) is 31.0 Å². The van der Waals surface area contributed by atoms with E-state index in [2.05, 4.69) is 15.2 Å². The second kappa shape index (κ2) is 7.24. The number of nitrogens with one attached hydrogen (secondary N) is 1. The number of imidazole rings is 1. The van der Waals surface area contributed by atoms with Crippen LogP contribution in [-0.4, -0.2) is 43.6 Å². The molecule has 0 spiro atoms. The van der Waals surface area contributed by atoms with Gasteiger partial charge in [-0.3, -0.25) is 9.89 Å². The lowest BCUT2D eigenvalue weighted by atomic mass is 9.93. The average molecular weight is 301 g/mol. The molecule has 0 radical (unpaired) electrons. The van der Waals surface area contributed by atoms with Gasteiger partial charge < -0.3 is 9.47 Å². The van der Waals surface area contributed by atoms with Gasteiger partial charge in [-0.15, -0.1) is 0 Å². The first kappa shape index (κ1) is 14.8. The summed E-state index contributed by atoms with van der Waals surface area (Å²) >= 11 is 0. The van der Waals surface area contributed by atoms with Crippen LogP contribution in [0.2, 0.25) is 0 Å². The van der Waals surface area contributed by atoms with Crippen LogP contribution in [0.5, 0.6) is 0 Å². The summed E-state index contributed by atoms with van der Waals surface area (Å²) in [7, 11) is 0. The Kier molecular flexibility index (Phi) is 4.88. The van der Waals surface area contributed by atoms with Crippen molar-refractivity contribution in [3.05, 3.63) is 36.7 Å². The van der Waals surface area contributed by atoms with Gasteiger partial charge in [-0.25, -0.2) is 4.98 Å². The molecule has 1 N–H and O–H groups in total. The lowest BCUT2D eigenvalue weighted by Crippen LogP contribution is -2.40. The van der Waals surface area contributed by atoms with Crippen molar-refractivity contribution in [1.29, 1.82) is 0 Å². The smallest absolute Gasteiger partial charge is 0.222 e. The molecule has 22 heavy (non-hydrogen) atoms. The van der Waals surface area contributed by atoms with Gasteiger partial charge in [-0.05, 0) is 37.7 Å². The third-order valence-electron chi connectivity index (χ3n) is 4.30. The highest BCUT2D eigenvalue weighted by molar-refractivity contribution is 5.76. The predicted octanol–water partition coefficient (Wildman–Crippen LogP) is 1.87. The van der Waals surface area contributed by atoms with E-state index in [0.29, 0.717) is 12.3 Å². The summed E-state index contributed by atoms with van der Waals surface area (Å²) in [5.74, 6) is 0.834. The van der Waals surface area contributed by atoms with E-state index in [-0.39, 0.29) is 5.91 Å². The van der Waals surface area contributed by atoms with Gasteiger partial charge in [0.25, 0.3) is 0 Å². The van der Waals surface area contributed by atoms with Crippen LogP contribution in [-0.2, 0) is 17.8 Å². The molecule has 2 aromatic rings. The normalized spacial score (nSPS) is 18.5. The molecule has 1 atom stereocenters. The third kappa shape index (κ3) is 3.96. The molecule has 1 aliphatic rings. The van der Waals surface area contributed by atoms with E-state index >= 15 is 0 Å². The molecule has 1 saturated heterocycles. The van der Waals surface area contributed by atoms with Gasteiger partial charge >= 0.3 is 0 Å². The second-order valence-electron chi connectivity index (χ2n) is 6.04. The van der Waals surface area contributed by atoms with Crippen molar-refractivity contribution in [2.75, 3.05) is 13.1 Å². The minimum absolute atomic E-state index is 0.287. The molecule has 0 bridgehead atoms. The number of aryl methyl sites for hydroxylation is 1. The van der Waals surface area contributed by atoms with Crippen molar-refractivity contribution in [1.82, 2.24) is 24.6 Å². The SMILES string of the molecule is O=C(CCCn1ccnc1)N1CCC[C@@H](Cc2ccn[nH]2)C1. The van der Waals surface area contributed by atoms with Crippen molar-refractivity contribution in [2.45, 2.75) is 38.6 Å². The molecule has 1 aliphatic heterocycles. The Bertz CT molecular complexity index is 563. The van der Waals surface area contributed by atoms with E-state index in [9.17, 15) is 4.79 Å². The Balaban J connectivity index is 1.43. The van der Waals surface area contributed by atoms with Gasteiger partial charge in [0.2, 0.25) is 5.91 Å². The molecule has 118 valence electrons. The maximum atomic E-state index is 12.4. The summed E-state index contributed by atoms with van der Waals surface area (Å²) in [4.78, 5) is 18.4. The number of amides is 1. The predicted molar refractivity (Wildman–Crippen MR) is 83.1 cm³/mol. The summed E-state index contributed by atoms with van der Waals surface area (Å²) < 4.78 is 2.02. The monoisotopic (exact) mass is 301 g/mol. The summed E-state index contributed by atoms with van der Waals surface area (Å²) in [5.41, 5.74) is 1.17. The highest BCUT2D eigenvalue weighted by Crippen LogP contribution is 2.20. The number of rotatable bonds is 6. The number of carbonyl (C=O) groups is 1. The molecule has 0 unspecified atom stereocenters. The van der Waals surface area contributed by atoms with Crippen molar-refractivity contribution < 1.29 is 4.79 Å². The van der Waals surface area contributed by atoms with Crippen LogP contribution in [0, 0.1) is 5.92 Å². The van der Waals surface area contributed by atoms with Crippen LogP contribution in [0.4, 0.5) is 0 Å². The van der Waals surface area contributed by atoms with Gasteiger partial charge in [0.05, 0.1) is 6.33 Å². The Labute approximate surface area is 130 Å². The van der Waals surface area contributed by atoms with Crippen molar-refractivity contribution >= 4 is 5.91 Å². The zero-order valence-corrected chi connectivity index (χ0v) is 12.8. The van der Waals surface area contributed by atoms with E-state index in [0.717, 1.165) is 38.9 Å². The van der Waals surface area contributed by atoms with Crippen LogP contribution in [0.25, 0.3) is 0 Å². The van der Waals surface area contributed by atoms with Crippen molar-refractivity contribution in [3.8, 4) is 0 Å². The van der Waals surface area contributed by atoms with Crippen LogP contribution in [0.1, 0.15) is 31.4 Å². The highest BCUT2D eigenvalue weighted by Gasteiger charge is 2.23. The number of aromatic nitrogens is 4. The molecule has 0 aliphatic carbocycles. The molecule has 3 heterocycles. The van der Waals surface area contributed by atoms with Gasteiger partial charge in [-0.1, -0.05) is 0 Å². The van der Waals surface area contributed by atoms with Crippen molar-refractivity contribution in [3.63, 3.8) is 0 Å². The average Bonchev–Trinajstić information content (AvgIpc) is 3.21. The standard InChI is InChI=1S/C16H23N5O/c22-16(4-2-8-20-10-7-17-13-20)21-9-1-3-14(12-21)11-15-5-6-18-19-15/h5-7,10,13-14H,1-4,8-9,11-12H2,(H,18,19)/t14-/m0/s1. The first-order chi connectivity index (χ1) is 10.8. The summed E-state index contributed by atoms with van der Waals surface area (Å²) in [5, 5.41) is 7.01. The number of H-pyrrole nitrogens is 1. The maximum Gasteiger partial charge on any atom is 0.222 e. The number of hydrogen-bond donors (Lipinski definition) is 1. The fourth-order valence-electron chi connectivity index (χ4n) is 3.16. The zero-order chi connectivity index (χ0) is 15.2. The van der Waals surface area contributed by atoms with E-state index in [1.54, 1.807) is 18.7 Å². The Hall–Kier alpha value is -2.11. The number of nitrogens with zero attached hydrogens (tertiary/aromatic N) is 4. The zero-order valence-electron chi connectivity index (χ0n) is 12.8. The van der Waals surface area contributed by atoms with E-state index in [4.69, 9.17) is 0 Å². The molecule has 0 saturated carbocycles. The first-order valence-corrected chi connectivity index (χ1v) is 8.03. The maximum absolute atomic E-state index is 12.4. The molecule has 6 heteroatoms. The fraction of sp³-hybridized carbons (Fsp3) is 0.562. The number of hydrogen-bond acceptors (Lipinski definition) is 3. The van der Waals surface area contributed by atoms with Gasteiger partial charge in [0.1, 0.15) is 0 Å². The minimum Gasteiger partial charge on any atom is -0.342 e. The van der Waals surface area contributed by atoms with E-state index in [1.165, 1.54) is 12.1 Å². The van der Waals surface area contributed by atoms with E-state index < -0.39 is 0 Å². The Morgan fingerprint density at radius 1 is 1.41 bits per heavy atom. The minimum atomic E-state index is 0.287. The van der Waals surface area contributed by atoms with Gasteiger partial charge in [0.15, 0.2) is 0 Å². The third-order valence-corrected chi connectivity index (χ3v) is 4.30. The lowest BCUT2D eigenvalue weighted by Gasteiger charge is -2.32. The lowest BCUT2D eigenvalue weighted by molar-refractivity contribution is -0.133. The van der Waals surface area contributed by atoms with E-state index in [1.807, 2.05) is 21.7 Å². The summed E-state index contributed by atoms with van der Waals surface area (Å²) in [6.07, 6.45) is 12.1. The Morgan fingerprint density at radius 2 is 2.36 bits per heavy atom. The topological polar surface area (TPSA) is 66.8 Å². The molecule has 3 rings (SSSR count). The molecule has 1 fully saturated rings. The van der Waals surface area contributed by atoms with Crippen LogP contribution >= 0.6 is 0 Å². The summed E-state index contributed by atoms with van der Waals surface area (Å²) in [6, 6.07) is 2.02. The number of likely N-dealkylation sites (tertiary alicyclic amines) is 1. The van der Waals surface area contributed by atoms with Crippen molar-refractivity contribution in [2.24, 2.45) is 5.92 Å². The number of aromatic amines is 1. The first-order valence-electron chi connectivity index (χ1n) is 8.03. The molecular formula is C16H23N5O. The largest absolute Gasteiger partial charge is 0.342 e. The highest BCUT2D eigenvalue weighted by atomic mass is 16.2. The van der Waals surface area contributed by atoms with Gasteiger partial charge in [-0.2, -0.15) is 5.10 Å². The molecule has 0 aromatic carbocycles. The molecule has 1 amide bonds. The Morgan fingerprint density at radius 3 is 3.14 bits per heavy atom. The molecule has 6 nitrogen and oxygen atoms in total. The number of carbonyl (C=O) groups excluding carboxylic acids is 1. The van der Waals surface area contributed by atoms with Gasteiger partial charge in [0, 0.05) is 50.3 Å². The quantitative estimate of drug-likeness (QED) is 0.885. The molecular weight excluding hydrogens is 278 g/mol. The van der Waals surface area contributed by atoms with Crippen LogP contribution in [0.3, 0.4) is 0 Å². The molecule has 2 aromatic heterocycles. The summed E-state index contributed by atoms with van der Waals surface area (Å²) in [6.45, 7) is 2.64. The second-order valence-corrected chi connectivity index (χ2v) is 6.04. The number of piperidine rings is 1. The fourth-order valence-corrected chi connectivity index (χ4v) is 3.16. The van der Waals surface area contributed by atoms with Crippen LogP contribution < -0.4 is 0 Å².